The molecule has 4 atom stereocenters. The normalized spacial score (nSPS) is 30.1. The van der Waals surface area contributed by atoms with Gasteiger partial charge in [-0.25, -0.2) is 0 Å². The van der Waals surface area contributed by atoms with Crippen LogP contribution in [0.1, 0.15) is 53.9 Å². The molecule has 3 aliphatic rings. The van der Waals surface area contributed by atoms with E-state index < -0.39 is 0 Å². The Bertz CT molecular complexity index is 688. The Morgan fingerprint density at radius 3 is 2.71 bits per heavy atom. The molecule has 2 bridgehead atoms. The van der Waals surface area contributed by atoms with Crippen molar-refractivity contribution in [3.05, 3.63) is 34.5 Å². The van der Waals surface area contributed by atoms with Crippen LogP contribution >= 0.6 is 11.3 Å². The van der Waals surface area contributed by atoms with E-state index in [4.69, 9.17) is 0 Å². The van der Waals surface area contributed by atoms with Crippen LogP contribution in [0.4, 0.5) is 0 Å². The number of nitrogens with one attached hydrogen (secondary N) is 1. The van der Waals surface area contributed by atoms with Crippen molar-refractivity contribution in [1.82, 2.24) is 5.32 Å². The van der Waals surface area contributed by atoms with E-state index in [2.05, 4.69) is 32.3 Å². The van der Waals surface area contributed by atoms with Gasteiger partial charge in [0, 0.05) is 28.3 Å². The lowest BCUT2D eigenvalue weighted by Gasteiger charge is -2.62. The van der Waals surface area contributed by atoms with Crippen molar-refractivity contribution in [2.75, 3.05) is 0 Å². The second-order valence-electron chi connectivity index (χ2n) is 7.59. The molecule has 24 heavy (non-hydrogen) atoms. The van der Waals surface area contributed by atoms with Gasteiger partial charge in [0.1, 0.15) is 6.29 Å². The largest absolute Gasteiger partial charge is 0.349 e. The van der Waals surface area contributed by atoms with Crippen molar-refractivity contribution in [3.63, 3.8) is 0 Å². The number of carbonyl (C=O) groups excluding carboxylic acids is 2. The number of carbonyl (C=O) groups is 2. The van der Waals surface area contributed by atoms with Crippen LogP contribution in [0.15, 0.2) is 18.5 Å². The van der Waals surface area contributed by atoms with Gasteiger partial charge in [-0.05, 0) is 36.0 Å². The molecule has 3 saturated carbocycles. The first-order valence-corrected chi connectivity index (χ1v) is 9.42. The fourth-order valence-electron chi connectivity index (χ4n) is 4.65. The number of aldehydes is 1. The fraction of sp³-hybridized carbons (Fsp3) is 0.500. The molecule has 0 radical (unpaired) electrons. The van der Waals surface area contributed by atoms with E-state index in [0.29, 0.717) is 23.8 Å². The maximum absolute atomic E-state index is 12.9. The molecule has 1 heterocycles. The van der Waals surface area contributed by atoms with Gasteiger partial charge >= 0.3 is 0 Å². The molecule has 0 saturated heterocycles. The second kappa shape index (κ2) is 6.32. The van der Waals surface area contributed by atoms with Crippen LogP contribution in [0.5, 0.6) is 0 Å². The smallest absolute Gasteiger partial charge is 0.252 e. The SMILES string of the molecule is C=Cc1scc(C(=O)N[C@@H]2C(CC=O)CC3CC2C3(C)C)c1C=C. The summed E-state index contributed by atoms with van der Waals surface area (Å²) in [6, 6.07) is 0.0763. The zero-order valence-corrected chi connectivity index (χ0v) is 15.2. The Morgan fingerprint density at radius 2 is 2.12 bits per heavy atom. The van der Waals surface area contributed by atoms with Crippen LogP contribution in [-0.2, 0) is 4.79 Å². The zero-order valence-electron chi connectivity index (χ0n) is 14.4. The maximum Gasteiger partial charge on any atom is 0.252 e. The van der Waals surface area contributed by atoms with Crippen molar-refractivity contribution in [3.8, 4) is 0 Å². The highest BCUT2D eigenvalue weighted by molar-refractivity contribution is 7.11. The summed E-state index contributed by atoms with van der Waals surface area (Å²) in [4.78, 5) is 24.9. The molecule has 4 rings (SSSR count). The van der Waals surface area contributed by atoms with Gasteiger partial charge in [0.25, 0.3) is 5.91 Å². The number of hydrogen-bond donors (Lipinski definition) is 1. The summed E-state index contributed by atoms with van der Waals surface area (Å²) in [6.07, 6.45) is 7.19. The molecular weight excluding hydrogens is 318 g/mol. The molecule has 0 spiro atoms. The molecule has 128 valence electrons. The van der Waals surface area contributed by atoms with Crippen LogP contribution in [0.3, 0.4) is 0 Å². The summed E-state index contributed by atoms with van der Waals surface area (Å²) in [6.45, 7) is 12.2. The maximum atomic E-state index is 12.9. The number of fused-ring (bicyclic) bond motifs is 2. The Kier molecular flexibility index (Phi) is 4.52. The zero-order chi connectivity index (χ0) is 17.5. The minimum atomic E-state index is -0.0590. The Balaban J connectivity index is 1.83. The number of thiophene rings is 1. The number of hydrogen-bond acceptors (Lipinski definition) is 3. The Labute approximate surface area is 147 Å². The van der Waals surface area contributed by atoms with Crippen LogP contribution in [0.2, 0.25) is 0 Å². The van der Waals surface area contributed by atoms with Crippen molar-refractivity contribution in [2.45, 2.75) is 39.2 Å². The van der Waals surface area contributed by atoms with Crippen LogP contribution in [-0.4, -0.2) is 18.2 Å². The van der Waals surface area contributed by atoms with E-state index in [-0.39, 0.29) is 23.3 Å². The summed E-state index contributed by atoms with van der Waals surface area (Å²) in [7, 11) is 0. The molecule has 1 aromatic heterocycles. The highest BCUT2D eigenvalue weighted by Crippen LogP contribution is 2.61. The lowest BCUT2D eigenvalue weighted by molar-refractivity contribution is -0.123. The third-order valence-electron chi connectivity index (χ3n) is 6.27. The summed E-state index contributed by atoms with van der Waals surface area (Å²) in [5, 5.41) is 5.12. The molecular formula is C20H25NO2S. The van der Waals surface area contributed by atoms with Crippen LogP contribution in [0, 0.1) is 23.2 Å². The first-order chi connectivity index (χ1) is 11.4. The third-order valence-corrected chi connectivity index (χ3v) is 7.26. The predicted molar refractivity (Wildman–Crippen MR) is 99.9 cm³/mol. The fourth-order valence-corrected chi connectivity index (χ4v) is 5.54. The van der Waals surface area contributed by atoms with E-state index in [1.807, 2.05) is 5.38 Å². The summed E-state index contributed by atoms with van der Waals surface area (Å²) in [5.41, 5.74) is 1.76. The number of amides is 1. The van der Waals surface area contributed by atoms with Gasteiger partial charge in [0.2, 0.25) is 0 Å². The summed E-state index contributed by atoms with van der Waals surface area (Å²) >= 11 is 1.51. The topological polar surface area (TPSA) is 46.2 Å². The van der Waals surface area contributed by atoms with Crippen molar-refractivity contribution >= 4 is 35.7 Å². The first kappa shape index (κ1) is 17.2. The molecule has 1 N–H and O–H groups in total. The van der Waals surface area contributed by atoms with Crippen molar-refractivity contribution in [2.24, 2.45) is 23.2 Å². The lowest BCUT2D eigenvalue weighted by Crippen LogP contribution is -2.63. The third kappa shape index (κ3) is 2.57. The quantitative estimate of drug-likeness (QED) is 0.778. The van der Waals surface area contributed by atoms with Crippen LogP contribution < -0.4 is 5.32 Å². The second-order valence-corrected chi connectivity index (χ2v) is 8.50. The van der Waals surface area contributed by atoms with Crippen LogP contribution in [0.25, 0.3) is 12.2 Å². The number of rotatable bonds is 6. The van der Waals surface area contributed by atoms with E-state index in [1.165, 1.54) is 11.3 Å². The van der Waals surface area contributed by atoms with Gasteiger partial charge in [0.15, 0.2) is 0 Å². The molecule has 3 nitrogen and oxygen atoms in total. The van der Waals surface area contributed by atoms with E-state index in [0.717, 1.165) is 29.6 Å². The van der Waals surface area contributed by atoms with E-state index >= 15 is 0 Å². The Morgan fingerprint density at radius 1 is 1.38 bits per heavy atom. The van der Waals surface area contributed by atoms with Crippen molar-refractivity contribution < 1.29 is 9.59 Å². The summed E-state index contributed by atoms with van der Waals surface area (Å²) in [5.74, 6) is 1.33. The average molecular weight is 343 g/mol. The Hall–Kier alpha value is -1.68. The van der Waals surface area contributed by atoms with Gasteiger partial charge in [-0.3, -0.25) is 4.79 Å². The minimum absolute atomic E-state index is 0.0590. The van der Waals surface area contributed by atoms with Gasteiger partial charge in [-0.2, -0.15) is 0 Å². The highest BCUT2D eigenvalue weighted by Gasteiger charge is 2.57. The molecule has 1 amide bonds. The molecule has 3 unspecified atom stereocenters. The summed E-state index contributed by atoms with van der Waals surface area (Å²) < 4.78 is 0. The first-order valence-electron chi connectivity index (χ1n) is 8.54. The van der Waals surface area contributed by atoms with Gasteiger partial charge < -0.3 is 10.1 Å². The molecule has 0 aromatic carbocycles. The standard InChI is InChI=1S/C20H25NO2S/c1-5-14-15(11-24-17(14)6-2)19(23)21-18-12(7-8-22)9-13-10-16(18)20(13,3)4/h5-6,8,11-13,16,18H,1-2,7,9-10H2,3-4H3,(H,21,23)/t12?,13?,16?,18-/m1/s1. The highest BCUT2D eigenvalue weighted by atomic mass is 32.1. The minimum Gasteiger partial charge on any atom is -0.349 e. The molecule has 3 fully saturated rings. The van der Waals surface area contributed by atoms with Gasteiger partial charge in [0.05, 0.1) is 5.56 Å². The molecule has 1 aromatic rings. The van der Waals surface area contributed by atoms with E-state index in [9.17, 15) is 9.59 Å². The molecule has 4 heteroatoms. The van der Waals surface area contributed by atoms with Gasteiger partial charge in [-0.15, -0.1) is 11.3 Å². The van der Waals surface area contributed by atoms with Gasteiger partial charge in [-0.1, -0.05) is 39.2 Å². The monoisotopic (exact) mass is 343 g/mol. The molecule has 0 aliphatic heterocycles. The van der Waals surface area contributed by atoms with E-state index in [1.54, 1.807) is 12.2 Å². The predicted octanol–water partition coefficient (Wildman–Crippen LogP) is 4.40. The lowest BCUT2D eigenvalue weighted by atomic mass is 9.44. The molecule has 3 aliphatic carbocycles. The average Bonchev–Trinajstić information content (AvgIpc) is 2.99. The van der Waals surface area contributed by atoms with Crippen molar-refractivity contribution in [1.29, 1.82) is 0 Å².